The number of rotatable bonds is 4. The maximum absolute atomic E-state index is 10.9. The van der Waals surface area contributed by atoms with Crippen LogP contribution in [0.15, 0.2) is 12.4 Å². The summed E-state index contributed by atoms with van der Waals surface area (Å²) >= 11 is 0. The summed E-state index contributed by atoms with van der Waals surface area (Å²) in [6.45, 7) is 3.82. The number of aliphatic carboxylic acids is 1. The van der Waals surface area contributed by atoms with Gasteiger partial charge in [0.05, 0.1) is 11.6 Å². The average molecular weight is 194 g/mol. The number of carbonyl (C=O) groups is 1. The molecule has 1 aromatic rings. The number of aromatic nitrogens is 2. The molecule has 4 nitrogen and oxygen atoms in total. The molecule has 1 unspecified atom stereocenters. The Morgan fingerprint density at radius 1 is 1.50 bits per heavy atom. The van der Waals surface area contributed by atoms with Gasteiger partial charge in [-0.25, -0.2) is 9.97 Å². The minimum absolute atomic E-state index is 0.511. The second-order valence-corrected chi connectivity index (χ2v) is 3.09. The highest BCUT2D eigenvalue weighted by atomic mass is 16.4. The monoisotopic (exact) mass is 194 g/mol. The van der Waals surface area contributed by atoms with E-state index in [1.54, 1.807) is 6.07 Å². The molecule has 1 aromatic heterocycles. The molecule has 0 amide bonds. The molecular formula is C10H14N2O2. The van der Waals surface area contributed by atoms with Crippen molar-refractivity contribution in [3.63, 3.8) is 0 Å². The molecule has 0 saturated heterocycles. The standard InChI is InChI=1S/C10H14N2O2/c1-3-7-5-9(12-6-11-7)8(4-2)10(13)14/h5-6,8H,3-4H2,1-2H3,(H,13,14). The van der Waals surface area contributed by atoms with Gasteiger partial charge < -0.3 is 5.11 Å². The van der Waals surface area contributed by atoms with Gasteiger partial charge in [-0.3, -0.25) is 4.79 Å². The van der Waals surface area contributed by atoms with Crippen molar-refractivity contribution >= 4 is 5.97 Å². The lowest BCUT2D eigenvalue weighted by Gasteiger charge is -2.09. The summed E-state index contributed by atoms with van der Waals surface area (Å²) in [5.74, 6) is -1.34. The predicted octanol–water partition coefficient (Wildman–Crippen LogP) is 1.62. The van der Waals surface area contributed by atoms with E-state index in [1.807, 2.05) is 13.8 Å². The van der Waals surface area contributed by atoms with Crippen molar-refractivity contribution in [3.8, 4) is 0 Å². The molecule has 0 aromatic carbocycles. The molecule has 14 heavy (non-hydrogen) atoms. The van der Waals surface area contributed by atoms with Gasteiger partial charge in [0.15, 0.2) is 0 Å². The number of hydrogen-bond donors (Lipinski definition) is 1. The summed E-state index contributed by atoms with van der Waals surface area (Å²) < 4.78 is 0. The molecule has 0 fully saturated rings. The normalized spacial score (nSPS) is 12.4. The van der Waals surface area contributed by atoms with Gasteiger partial charge in [0.2, 0.25) is 0 Å². The van der Waals surface area contributed by atoms with Crippen molar-refractivity contribution in [2.24, 2.45) is 0 Å². The summed E-state index contributed by atoms with van der Waals surface area (Å²) in [5.41, 5.74) is 1.49. The van der Waals surface area contributed by atoms with Gasteiger partial charge in [-0.15, -0.1) is 0 Å². The molecule has 1 rings (SSSR count). The molecule has 0 aliphatic rings. The van der Waals surface area contributed by atoms with Crippen LogP contribution in [-0.2, 0) is 11.2 Å². The third kappa shape index (κ3) is 2.28. The second kappa shape index (κ2) is 4.69. The van der Waals surface area contributed by atoms with Crippen LogP contribution >= 0.6 is 0 Å². The van der Waals surface area contributed by atoms with Crippen molar-refractivity contribution in [3.05, 3.63) is 23.8 Å². The van der Waals surface area contributed by atoms with E-state index in [0.29, 0.717) is 12.1 Å². The number of aryl methyl sites for hydroxylation is 1. The largest absolute Gasteiger partial charge is 0.481 e. The van der Waals surface area contributed by atoms with Crippen molar-refractivity contribution in [2.75, 3.05) is 0 Å². The predicted molar refractivity (Wildman–Crippen MR) is 52.1 cm³/mol. The zero-order chi connectivity index (χ0) is 10.6. The smallest absolute Gasteiger partial charge is 0.312 e. The average Bonchev–Trinajstić information content (AvgIpc) is 2.19. The number of hydrogen-bond acceptors (Lipinski definition) is 3. The SMILES string of the molecule is CCc1cc(C(CC)C(=O)O)ncn1. The number of carboxylic acids is 1. The van der Waals surface area contributed by atoms with Gasteiger partial charge in [-0.2, -0.15) is 0 Å². The van der Waals surface area contributed by atoms with Crippen LogP contribution in [0.25, 0.3) is 0 Å². The molecule has 1 heterocycles. The number of nitrogens with zero attached hydrogens (tertiary/aromatic N) is 2. The first-order chi connectivity index (χ1) is 6.69. The Bertz CT molecular complexity index is 326. The lowest BCUT2D eigenvalue weighted by Crippen LogP contribution is -2.12. The Morgan fingerprint density at radius 2 is 2.21 bits per heavy atom. The minimum Gasteiger partial charge on any atom is -0.481 e. The van der Waals surface area contributed by atoms with Crippen LogP contribution < -0.4 is 0 Å². The van der Waals surface area contributed by atoms with Gasteiger partial charge in [-0.05, 0) is 18.9 Å². The van der Waals surface area contributed by atoms with E-state index in [1.165, 1.54) is 6.33 Å². The number of carboxylic acid groups (broad SMARTS) is 1. The Labute approximate surface area is 83.0 Å². The maximum atomic E-state index is 10.9. The van der Waals surface area contributed by atoms with E-state index in [4.69, 9.17) is 5.11 Å². The van der Waals surface area contributed by atoms with Gasteiger partial charge in [0.1, 0.15) is 6.33 Å². The van der Waals surface area contributed by atoms with Gasteiger partial charge in [-0.1, -0.05) is 13.8 Å². The second-order valence-electron chi connectivity index (χ2n) is 3.09. The van der Waals surface area contributed by atoms with E-state index in [0.717, 1.165) is 12.1 Å². The summed E-state index contributed by atoms with van der Waals surface area (Å²) in [6, 6.07) is 1.77. The molecule has 0 radical (unpaired) electrons. The molecular weight excluding hydrogens is 180 g/mol. The van der Waals surface area contributed by atoms with Crippen LogP contribution in [0.5, 0.6) is 0 Å². The minimum atomic E-state index is -0.826. The lowest BCUT2D eigenvalue weighted by molar-refractivity contribution is -0.138. The first-order valence-electron chi connectivity index (χ1n) is 4.72. The van der Waals surface area contributed by atoms with Gasteiger partial charge in [0.25, 0.3) is 0 Å². The molecule has 1 N–H and O–H groups in total. The highest BCUT2D eigenvalue weighted by Crippen LogP contribution is 2.17. The van der Waals surface area contributed by atoms with E-state index in [-0.39, 0.29) is 0 Å². The van der Waals surface area contributed by atoms with Crippen molar-refractivity contribution in [1.29, 1.82) is 0 Å². The topological polar surface area (TPSA) is 63.1 Å². The summed E-state index contributed by atoms with van der Waals surface area (Å²) in [5, 5.41) is 8.93. The fourth-order valence-electron chi connectivity index (χ4n) is 1.31. The Kier molecular flexibility index (Phi) is 3.56. The van der Waals surface area contributed by atoms with Crippen LogP contribution in [-0.4, -0.2) is 21.0 Å². The molecule has 0 saturated carbocycles. The zero-order valence-corrected chi connectivity index (χ0v) is 8.40. The highest BCUT2D eigenvalue weighted by molar-refractivity contribution is 5.75. The molecule has 76 valence electrons. The highest BCUT2D eigenvalue weighted by Gasteiger charge is 2.19. The fraction of sp³-hybridized carbons (Fsp3) is 0.500. The summed E-state index contributed by atoms with van der Waals surface area (Å²) in [6.07, 6.45) is 2.78. The Balaban J connectivity index is 2.98. The summed E-state index contributed by atoms with van der Waals surface area (Å²) in [4.78, 5) is 18.9. The molecule has 1 atom stereocenters. The summed E-state index contributed by atoms with van der Waals surface area (Å²) in [7, 11) is 0. The van der Waals surface area contributed by atoms with Crippen molar-refractivity contribution in [2.45, 2.75) is 32.6 Å². The quantitative estimate of drug-likeness (QED) is 0.791. The Morgan fingerprint density at radius 3 is 2.71 bits per heavy atom. The van der Waals surface area contributed by atoms with E-state index < -0.39 is 11.9 Å². The fourth-order valence-corrected chi connectivity index (χ4v) is 1.31. The first kappa shape index (κ1) is 10.6. The molecule has 0 aliphatic heterocycles. The van der Waals surface area contributed by atoms with E-state index in [2.05, 4.69) is 9.97 Å². The van der Waals surface area contributed by atoms with E-state index in [9.17, 15) is 4.79 Å². The molecule has 0 bridgehead atoms. The van der Waals surface area contributed by atoms with Crippen molar-refractivity contribution in [1.82, 2.24) is 9.97 Å². The molecule has 0 aliphatic carbocycles. The third-order valence-electron chi connectivity index (χ3n) is 2.17. The zero-order valence-electron chi connectivity index (χ0n) is 8.40. The lowest BCUT2D eigenvalue weighted by atomic mass is 10.0. The van der Waals surface area contributed by atoms with Crippen LogP contribution in [0, 0.1) is 0 Å². The maximum Gasteiger partial charge on any atom is 0.312 e. The molecule has 4 heteroatoms. The van der Waals surface area contributed by atoms with Crippen LogP contribution in [0.1, 0.15) is 37.6 Å². The van der Waals surface area contributed by atoms with Crippen LogP contribution in [0.4, 0.5) is 0 Å². The van der Waals surface area contributed by atoms with Crippen LogP contribution in [0.3, 0.4) is 0 Å². The van der Waals surface area contributed by atoms with Gasteiger partial charge in [0, 0.05) is 5.69 Å². The Hall–Kier alpha value is -1.45. The molecule has 0 spiro atoms. The third-order valence-corrected chi connectivity index (χ3v) is 2.17. The van der Waals surface area contributed by atoms with Crippen LogP contribution in [0.2, 0.25) is 0 Å². The van der Waals surface area contributed by atoms with E-state index >= 15 is 0 Å². The van der Waals surface area contributed by atoms with Gasteiger partial charge >= 0.3 is 5.97 Å². The van der Waals surface area contributed by atoms with Crippen molar-refractivity contribution < 1.29 is 9.90 Å². The first-order valence-corrected chi connectivity index (χ1v) is 4.72.